The Hall–Kier alpha value is -2.81. The number of anilines is 2. The van der Waals surface area contributed by atoms with Crippen LogP contribution in [0.3, 0.4) is 0 Å². The predicted molar refractivity (Wildman–Crippen MR) is 105 cm³/mol. The highest BCUT2D eigenvalue weighted by molar-refractivity contribution is 7.14. The summed E-state index contributed by atoms with van der Waals surface area (Å²) in [4.78, 5) is 38.8. The van der Waals surface area contributed by atoms with Crippen LogP contribution in [0.4, 0.5) is 15.2 Å². The fourth-order valence-electron chi connectivity index (χ4n) is 2.59. The second-order valence-electron chi connectivity index (χ2n) is 6.63. The molecule has 1 fully saturated rings. The van der Waals surface area contributed by atoms with Crippen LogP contribution in [0, 0.1) is 11.7 Å². The van der Waals surface area contributed by atoms with Gasteiger partial charge in [-0.25, -0.2) is 9.37 Å². The van der Waals surface area contributed by atoms with Crippen molar-refractivity contribution >= 4 is 39.9 Å². The van der Waals surface area contributed by atoms with Crippen LogP contribution in [0.5, 0.6) is 0 Å². The second kappa shape index (κ2) is 8.92. The van der Waals surface area contributed by atoms with Gasteiger partial charge in [0.25, 0.3) is 0 Å². The standard InChI is InChI=1S/C19H21FN4O3S/c1-11(25)22-13-6-7-14(15(20)9-13)16-10-28-19(23-16)24-17(26)3-2-8-21-18(27)12-4-5-12/h6-7,9-10,12H,2-5,8H2,1H3,(H,21,27)(H,22,25)(H,23,24,26). The van der Waals surface area contributed by atoms with Crippen molar-refractivity contribution in [2.75, 3.05) is 17.2 Å². The number of nitrogens with zero attached hydrogens (tertiary/aromatic N) is 1. The van der Waals surface area contributed by atoms with Gasteiger partial charge in [0.05, 0.1) is 5.69 Å². The first-order valence-electron chi connectivity index (χ1n) is 9.03. The molecule has 3 rings (SSSR count). The van der Waals surface area contributed by atoms with E-state index in [0.29, 0.717) is 29.5 Å². The number of hydrogen-bond donors (Lipinski definition) is 3. The molecular weight excluding hydrogens is 383 g/mol. The summed E-state index contributed by atoms with van der Waals surface area (Å²) in [7, 11) is 0. The molecule has 0 atom stereocenters. The van der Waals surface area contributed by atoms with Crippen molar-refractivity contribution in [2.45, 2.75) is 32.6 Å². The lowest BCUT2D eigenvalue weighted by Crippen LogP contribution is -2.26. The van der Waals surface area contributed by atoms with E-state index in [1.54, 1.807) is 11.4 Å². The highest BCUT2D eigenvalue weighted by atomic mass is 32.1. The average molecular weight is 404 g/mol. The highest BCUT2D eigenvalue weighted by Gasteiger charge is 2.29. The van der Waals surface area contributed by atoms with Gasteiger partial charge in [0.2, 0.25) is 17.7 Å². The van der Waals surface area contributed by atoms with Crippen molar-refractivity contribution in [3.05, 3.63) is 29.4 Å². The minimum atomic E-state index is -0.513. The SMILES string of the molecule is CC(=O)Nc1ccc(-c2csc(NC(=O)CCCNC(=O)C3CC3)n2)c(F)c1. The summed E-state index contributed by atoms with van der Waals surface area (Å²) in [6.07, 6.45) is 2.71. The molecule has 3 amide bonds. The second-order valence-corrected chi connectivity index (χ2v) is 7.49. The summed E-state index contributed by atoms with van der Waals surface area (Å²) in [5.74, 6) is -0.770. The molecule has 3 N–H and O–H groups in total. The Bertz CT molecular complexity index is 895. The van der Waals surface area contributed by atoms with Crippen LogP contribution >= 0.6 is 11.3 Å². The van der Waals surface area contributed by atoms with Gasteiger partial charge in [-0.05, 0) is 37.5 Å². The van der Waals surface area contributed by atoms with Crippen molar-refractivity contribution in [1.29, 1.82) is 0 Å². The Morgan fingerprint density at radius 1 is 1.25 bits per heavy atom. The molecule has 1 aliphatic carbocycles. The molecule has 28 heavy (non-hydrogen) atoms. The first-order chi connectivity index (χ1) is 13.4. The van der Waals surface area contributed by atoms with E-state index in [2.05, 4.69) is 20.9 Å². The number of thiazole rings is 1. The molecule has 7 nitrogen and oxygen atoms in total. The summed E-state index contributed by atoms with van der Waals surface area (Å²) in [6, 6.07) is 4.35. The van der Waals surface area contributed by atoms with E-state index in [-0.39, 0.29) is 35.6 Å². The maximum Gasteiger partial charge on any atom is 0.226 e. The molecule has 1 heterocycles. The molecule has 1 aromatic carbocycles. The first kappa shape index (κ1) is 19.9. The Labute approximate surface area is 165 Å². The molecule has 1 aliphatic rings. The van der Waals surface area contributed by atoms with Crippen molar-refractivity contribution in [1.82, 2.24) is 10.3 Å². The lowest BCUT2D eigenvalue weighted by molar-refractivity contribution is -0.122. The Balaban J connectivity index is 1.50. The minimum absolute atomic E-state index is 0.0662. The monoisotopic (exact) mass is 404 g/mol. The lowest BCUT2D eigenvalue weighted by atomic mass is 10.1. The quantitative estimate of drug-likeness (QED) is 0.589. The minimum Gasteiger partial charge on any atom is -0.356 e. The van der Waals surface area contributed by atoms with Crippen LogP contribution in [0.1, 0.15) is 32.6 Å². The van der Waals surface area contributed by atoms with Crippen LogP contribution in [0.25, 0.3) is 11.3 Å². The number of carbonyl (C=O) groups excluding carboxylic acids is 3. The predicted octanol–water partition coefficient (Wildman–Crippen LogP) is 3.15. The van der Waals surface area contributed by atoms with Gasteiger partial charge >= 0.3 is 0 Å². The van der Waals surface area contributed by atoms with E-state index in [9.17, 15) is 18.8 Å². The molecule has 1 saturated carbocycles. The number of aromatic nitrogens is 1. The lowest BCUT2D eigenvalue weighted by Gasteiger charge is -2.05. The molecule has 0 radical (unpaired) electrons. The molecule has 0 unspecified atom stereocenters. The van der Waals surface area contributed by atoms with Gasteiger partial charge in [-0.1, -0.05) is 0 Å². The summed E-state index contributed by atoms with van der Waals surface area (Å²) in [5, 5.41) is 10.1. The molecule has 148 valence electrons. The molecule has 0 spiro atoms. The summed E-state index contributed by atoms with van der Waals surface area (Å²) in [5.41, 5.74) is 1.06. The van der Waals surface area contributed by atoms with Crippen molar-refractivity contribution in [2.24, 2.45) is 5.92 Å². The third-order valence-electron chi connectivity index (χ3n) is 4.14. The van der Waals surface area contributed by atoms with E-state index in [1.165, 1.54) is 30.4 Å². The van der Waals surface area contributed by atoms with E-state index < -0.39 is 5.82 Å². The normalized spacial score (nSPS) is 13.1. The number of rotatable bonds is 8. The van der Waals surface area contributed by atoms with Crippen molar-refractivity contribution in [3.63, 3.8) is 0 Å². The number of nitrogens with one attached hydrogen (secondary N) is 3. The van der Waals surface area contributed by atoms with Gasteiger partial charge in [0, 0.05) is 42.4 Å². The largest absolute Gasteiger partial charge is 0.356 e. The molecule has 0 aliphatic heterocycles. The number of carbonyl (C=O) groups is 3. The fourth-order valence-corrected chi connectivity index (χ4v) is 3.32. The van der Waals surface area contributed by atoms with Gasteiger partial charge in [-0.2, -0.15) is 0 Å². The van der Waals surface area contributed by atoms with Crippen LogP contribution in [0.15, 0.2) is 23.6 Å². The van der Waals surface area contributed by atoms with Gasteiger partial charge in [-0.15, -0.1) is 11.3 Å². The number of halogens is 1. The molecule has 0 saturated heterocycles. The summed E-state index contributed by atoms with van der Waals surface area (Å²) in [6.45, 7) is 1.82. The van der Waals surface area contributed by atoms with Crippen LogP contribution in [-0.2, 0) is 14.4 Å². The third-order valence-corrected chi connectivity index (χ3v) is 4.90. The fraction of sp³-hybridized carbons (Fsp3) is 0.368. The van der Waals surface area contributed by atoms with Crippen molar-refractivity contribution < 1.29 is 18.8 Å². The van der Waals surface area contributed by atoms with Gasteiger partial charge in [0.15, 0.2) is 5.13 Å². The third kappa shape index (κ3) is 5.59. The van der Waals surface area contributed by atoms with Crippen LogP contribution in [-0.4, -0.2) is 29.3 Å². The molecular formula is C19H21FN4O3S. The smallest absolute Gasteiger partial charge is 0.226 e. The van der Waals surface area contributed by atoms with E-state index in [0.717, 1.165) is 12.8 Å². The van der Waals surface area contributed by atoms with Crippen LogP contribution in [0.2, 0.25) is 0 Å². The Morgan fingerprint density at radius 2 is 2.04 bits per heavy atom. The number of amides is 3. The average Bonchev–Trinajstić information content (AvgIpc) is 3.39. The van der Waals surface area contributed by atoms with E-state index in [1.807, 2.05) is 0 Å². The Kier molecular flexibility index (Phi) is 6.35. The zero-order chi connectivity index (χ0) is 20.1. The highest BCUT2D eigenvalue weighted by Crippen LogP contribution is 2.29. The maximum absolute atomic E-state index is 14.3. The van der Waals surface area contributed by atoms with E-state index in [4.69, 9.17) is 0 Å². The molecule has 0 bridgehead atoms. The zero-order valence-electron chi connectivity index (χ0n) is 15.4. The molecule has 9 heteroatoms. The van der Waals surface area contributed by atoms with E-state index >= 15 is 0 Å². The molecule has 1 aromatic heterocycles. The maximum atomic E-state index is 14.3. The number of hydrogen-bond acceptors (Lipinski definition) is 5. The van der Waals surface area contributed by atoms with Crippen molar-refractivity contribution in [3.8, 4) is 11.3 Å². The first-order valence-corrected chi connectivity index (χ1v) is 9.91. The topological polar surface area (TPSA) is 100 Å². The van der Waals surface area contributed by atoms with Gasteiger partial charge in [-0.3, -0.25) is 14.4 Å². The van der Waals surface area contributed by atoms with Gasteiger partial charge < -0.3 is 16.0 Å². The summed E-state index contributed by atoms with van der Waals surface area (Å²) >= 11 is 1.20. The summed E-state index contributed by atoms with van der Waals surface area (Å²) < 4.78 is 14.3. The zero-order valence-corrected chi connectivity index (χ0v) is 16.2. The number of benzene rings is 1. The van der Waals surface area contributed by atoms with Gasteiger partial charge in [0.1, 0.15) is 5.82 Å². The Morgan fingerprint density at radius 3 is 2.71 bits per heavy atom. The van der Waals surface area contributed by atoms with Crippen LogP contribution < -0.4 is 16.0 Å². The molecule has 2 aromatic rings.